The van der Waals surface area contributed by atoms with E-state index in [0.717, 1.165) is 12.1 Å². The van der Waals surface area contributed by atoms with Gasteiger partial charge in [0, 0.05) is 18.7 Å². The quantitative estimate of drug-likeness (QED) is 0.826. The minimum Gasteiger partial charge on any atom is -0.492 e. The van der Waals surface area contributed by atoms with Crippen molar-refractivity contribution in [2.75, 3.05) is 24.7 Å². The Morgan fingerprint density at radius 3 is 2.74 bits per heavy atom. The maximum absolute atomic E-state index is 12.9. The lowest BCUT2D eigenvalue weighted by Gasteiger charge is -2.11. The van der Waals surface area contributed by atoms with Gasteiger partial charge in [-0.1, -0.05) is 0 Å². The average Bonchev–Trinajstić information content (AvgIpc) is 2.69. The summed E-state index contributed by atoms with van der Waals surface area (Å²) in [6, 6.07) is 3.29. The highest BCUT2D eigenvalue weighted by molar-refractivity contribution is 7.91. The molecular weight excluding hydrogens is 276 g/mol. The molecule has 1 aliphatic heterocycles. The average molecular weight is 291 g/mol. The van der Waals surface area contributed by atoms with E-state index in [-0.39, 0.29) is 29.9 Å². The summed E-state index contributed by atoms with van der Waals surface area (Å²) in [5, 5.41) is 3.06. The van der Waals surface area contributed by atoms with E-state index in [1.807, 2.05) is 0 Å². The third-order valence-electron chi connectivity index (χ3n) is 2.93. The van der Waals surface area contributed by atoms with Gasteiger partial charge in [0.05, 0.1) is 11.5 Å². The van der Waals surface area contributed by atoms with Gasteiger partial charge in [0.1, 0.15) is 12.4 Å². The van der Waals surface area contributed by atoms with Gasteiger partial charge in [-0.25, -0.2) is 17.2 Å². The summed E-state index contributed by atoms with van der Waals surface area (Å²) >= 11 is 0. The van der Waals surface area contributed by atoms with Gasteiger partial charge in [-0.05, 0) is 18.6 Å². The van der Waals surface area contributed by atoms with Crippen LogP contribution in [0.5, 0.6) is 5.75 Å². The lowest BCUT2D eigenvalue weighted by atomic mass is 10.3. The Balaban J connectivity index is 1.71. The number of sulfone groups is 1. The van der Waals surface area contributed by atoms with Crippen molar-refractivity contribution in [2.45, 2.75) is 12.5 Å². The lowest BCUT2D eigenvalue weighted by Crippen LogP contribution is -2.33. The zero-order valence-electron chi connectivity index (χ0n) is 10.2. The van der Waals surface area contributed by atoms with E-state index in [2.05, 4.69) is 5.32 Å². The monoisotopic (exact) mass is 291 g/mol. The summed E-state index contributed by atoms with van der Waals surface area (Å²) in [7, 11) is -2.89. The minimum absolute atomic E-state index is 0.0430. The summed E-state index contributed by atoms with van der Waals surface area (Å²) in [6.07, 6.45) is 0.605. The maximum atomic E-state index is 12.9. The van der Waals surface area contributed by atoms with Crippen LogP contribution in [0.4, 0.5) is 8.78 Å². The van der Waals surface area contributed by atoms with Gasteiger partial charge < -0.3 is 10.1 Å². The van der Waals surface area contributed by atoms with Crippen LogP contribution < -0.4 is 10.1 Å². The van der Waals surface area contributed by atoms with E-state index in [1.165, 1.54) is 6.07 Å². The number of rotatable bonds is 5. The number of benzene rings is 1. The Kier molecular flexibility index (Phi) is 4.36. The van der Waals surface area contributed by atoms with Gasteiger partial charge in [0.25, 0.3) is 0 Å². The second-order valence-corrected chi connectivity index (χ2v) is 6.71. The Hall–Kier alpha value is -1.21. The molecular formula is C12H15F2NO3S. The standard InChI is InChI=1S/C12H15F2NO3S/c13-11-2-1-10(7-12(11)14)18-5-4-15-9-3-6-19(16,17)8-9/h1-2,7,9,15H,3-6,8H2. The molecule has 0 aromatic heterocycles. The minimum atomic E-state index is -2.89. The van der Waals surface area contributed by atoms with E-state index < -0.39 is 21.5 Å². The lowest BCUT2D eigenvalue weighted by molar-refractivity contribution is 0.305. The zero-order valence-corrected chi connectivity index (χ0v) is 11.1. The molecule has 7 heteroatoms. The van der Waals surface area contributed by atoms with Crippen LogP contribution in [0, 0.1) is 11.6 Å². The third-order valence-corrected chi connectivity index (χ3v) is 4.70. The summed E-state index contributed by atoms with van der Waals surface area (Å²) in [5.41, 5.74) is 0. The SMILES string of the molecule is O=S1(=O)CCC(NCCOc2ccc(F)c(F)c2)C1. The molecule has 1 heterocycles. The molecule has 0 aliphatic carbocycles. The Morgan fingerprint density at radius 2 is 2.11 bits per heavy atom. The highest BCUT2D eigenvalue weighted by atomic mass is 32.2. The van der Waals surface area contributed by atoms with Crippen LogP contribution in [0.25, 0.3) is 0 Å². The number of halogens is 2. The second kappa shape index (κ2) is 5.83. The van der Waals surface area contributed by atoms with Gasteiger partial charge in [-0.2, -0.15) is 0 Å². The van der Waals surface area contributed by atoms with Gasteiger partial charge >= 0.3 is 0 Å². The van der Waals surface area contributed by atoms with E-state index in [4.69, 9.17) is 4.74 Å². The molecule has 4 nitrogen and oxygen atoms in total. The van der Waals surface area contributed by atoms with Crippen LogP contribution in [-0.4, -0.2) is 39.1 Å². The number of nitrogens with one attached hydrogen (secondary N) is 1. The number of hydrogen-bond acceptors (Lipinski definition) is 4. The predicted octanol–water partition coefficient (Wildman–Crippen LogP) is 1.12. The van der Waals surface area contributed by atoms with Crippen LogP contribution in [0.2, 0.25) is 0 Å². The molecule has 0 radical (unpaired) electrons. The van der Waals surface area contributed by atoms with Crippen molar-refractivity contribution >= 4 is 9.84 Å². The molecule has 0 bridgehead atoms. The molecule has 1 aromatic carbocycles. The Labute approximate surface area is 110 Å². The molecule has 0 saturated carbocycles. The van der Waals surface area contributed by atoms with Crippen molar-refractivity contribution in [3.63, 3.8) is 0 Å². The third kappa shape index (κ3) is 4.14. The van der Waals surface area contributed by atoms with E-state index >= 15 is 0 Å². The van der Waals surface area contributed by atoms with Crippen LogP contribution in [0.3, 0.4) is 0 Å². The molecule has 1 unspecified atom stereocenters. The van der Waals surface area contributed by atoms with E-state index in [1.54, 1.807) is 0 Å². The number of hydrogen-bond donors (Lipinski definition) is 1. The van der Waals surface area contributed by atoms with E-state index in [9.17, 15) is 17.2 Å². The van der Waals surface area contributed by atoms with Gasteiger partial charge in [0.2, 0.25) is 0 Å². The summed E-state index contributed by atoms with van der Waals surface area (Å²) in [5.74, 6) is -1.25. The van der Waals surface area contributed by atoms with Crippen molar-refractivity contribution < 1.29 is 21.9 Å². The molecule has 1 atom stereocenters. The van der Waals surface area contributed by atoms with Crippen molar-refractivity contribution in [1.29, 1.82) is 0 Å². The molecule has 0 spiro atoms. The predicted molar refractivity (Wildman–Crippen MR) is 66.9 cm³/mol. The summed E-state index contributed by atoms with van der Waals surface area (Å²) < 4.78 is 53.2. The normalized spacial score (nSPS) is 21.5. The molecule has 1 aliphatic rings. The van der Waals surface area contributed by atoms with Gasteiger partial charge in [0.15, 0.2) is 21.5 Å². The van der Waals surface area contributed by atoms with Crippen molar-refractivity contribution in [3.05, 3.63) is 29.8 Å². The molecule has 2 rings (SSSR count). The first-order valence-electron chi connectivity index (χ1n) is 5.98. The molecule has 0 amide bonds. The highest BCUT2D eigenvalue weighted by Gasteiger charge is 2.26. The topological polar surface area (TPSA) is 55.4 Å². The smallest absolute Gasteiger partial charge is 0.162 e. The molecule has 19 heavy (non-hydrogen) atoms. The van der Waals surface area contributed by atoms with Crippen LogP contribution >= 0.6 is 0 Å². The molecule has 1 fully saturated rings. The molecule has 1 N–H and O–H groups in total. The van der Waals surface area contributed by atoms with Crippen LogP contribution in [-0.2, 0) is 9.84 Å². The Bertz CT molecular complexity index is 548. The first-order chi connectivity index (χ1) is 8.96. The highest BCUT2D eigenvalue weighted by Crippen LogP contribution is 2.15. The van der Waals surface area contributed by atoms with Crippen molar-refractivity contribution in [2.24, 2.45) is 0 Å². The first kappa shape index (κ1) is 14.2. The fourth-order valence-corrected chi connectivity index (χ4v) is 3.66. The summed E-state index contributed by atoms with van der Waals surface area (Å²) in [6.45, 7) is 0.723. The fourth-order valence-electron chi connectivity index (χ4n) is 1.95. The molecule has 106 valence electrons. The second-order valence-electron chi connectivity index (χ2n) is 4.48. The van der Waals surface area contributed by atoms with Crippen LogP contribution in [0.15, 0.2) is 18.2 Å². The zero-order chi connectivity index (χ0) is 13.9. The Morgan fingerprint density at radius 1 is 1.32 bits per heavy atom. The molecule has 1 aromatic rings. The van der Waals surface area contributed by atoms with Gasteiger partial charge in [-0.3, -0.25) is 0 Å². The van der Waals surface area contributed by atoms with Gasteiger partial charge in [-0.15, -0.1) is 0 Å². The maximum Gasteiger partial charge on any atom is 0.162 e. The largest absolute Gasteiger partial charge is 0.492 e. The van der Waals surface area contributed by atoms with Crippen molar-refractivity contribution in [3.8, 4) is 5.75 Å². The first-order valence-corrected chi connectivity index (χ1v) is 7.80. The van der Waals surface area contributed by atoms with Crippen molar-refractivity contribution in [1.82, 2.24) is 5.32 Å². The molecule has 1 saturated heterocycles. The van der Waals surface area contributed by atoms with E-state index in [0.29, 0.717) is 13.0 Å². The van der Waals surface area contributed by atoms with Crippen LogP contribution in [0.1, 0.15) is 6.42 Å². The number of ether oxygens (including phenoxy) is 1. The fraction of sp³-hybridized carbons (Fsp3) is 0.500. The summed E-state index contributed by atoms with van der Waals surface area (Å²) in [4.78, 5) is 0.